The van der Waals surface area contributed by atoms with Crippen molar-refractivity contribution < 1.29 is 13.2 Å². The number of benzene rings is 3. The van der Waals surface area contributed by atoms with Gasteiger partial charge < -0.3 is 0 Å². The molecule has 1 N–H and O–H groups in total. The van der Waals surface area contributed by atoms with Crippen molar-refractivity contribution in [2.75, 3.05) is 19.4 Å². The quantitative estimate of drug-likeness (QED) is 0.409. The maximum Gasteiger partial charge on any atom is 0.257 e. The summed E-state index contributed by atoms with van der Waals surface area (Å²) in [5.41, 5.74) is 4.29. The number of anilines is 1. The van der Waals surface area contributed by atoms with Crippen molar-refractivity contribution in [1.82, 2.24) is 9.29 Å². The molecule has 0 aliphatic rings. The van der Waals surface area contributed by atoms with E-state index in [-0.39, 0.29) is 10.8 Å². The zero-order chi connectivity index (χ0) is 23.6. The number of nitrogens with zero attached hydrogens (tertiary/aromatic N) is 2. The first-order valence-electron chi connectivity index (χ1n) is 10.2. The van der Waals surface area contributed by atoms with E-state index in [9.17, 15) is 13.2 Å². The molecule has 33 heavy (non-hydrogen) atoms. The topological polar surface area (TPSA) is 79.4 Å². The molecule has 1 heterocycles. The van der Waals surface area contributed by atoms with Crippen LogP contribution in [0.15, 0.2) is 83.8 Å². The Bertz CT molecular complexity index is 1380. The molecule has 1 amide bonds. The Labute approximate surface area is 197 Å². The lowest BCUT2D eigenvalue weighted by Crippen LogP contribution is -2.22. The van der Waals surface area contributed by atoms with Gasteiger partial charge in [0.1, 0.15) is 0 Å². The van der Waals surface area contributed by atoms with Crippen molar-refractivity contribution in [1.29, 1.82) is 0 Å². The van der Waals surface area contributed by atoms with E-state index in [1.165, 1.54) is 49.7 Å². The van der Waals surface area contributed by atoms with E-state index in [2.05, 4.69) is 5.32 Å². The van der Waals surface area contributed by atoms with Crippen LogP contribution in [0.1, 0.15) is 15.9 Å². The SMILES string of the molecule is Cc1ccc(-c2nc(NC(=O)c3ccc(S(=O)(=O)N(C)C)cc3)sc2-c2ccccc2)cc1. The summed E-state index contributed by atoms with van der Waals surface area (Å²) in [6.45, 7) is 2.03. The molecular weight excluding hydrogens is 454 g/mol. The molecule has 0 spiro atoms. The fraction of sp³-hybridized carbons (Fsp3) is 0.120. The smallest absolute Gasteiger partial charge is 0.257 e. The average molecular weight is 478 g/mol. The largest absolute Gasteiger partial charge is 0.298 e. The average Bonchev–Trinajstić information content (AvgIpc) is 3.23. The number of carbonyl (C=O) groups excluding carboxylic acids is 1. The Morgan fingerprint density at radius 1 is 0.879 bits per heavy atom. The standard InChI is InChI=1S/C25H23N3O3S2/c1-17-9-11-18(12-10-17)22-23(19-7-5-4-6-8-19)32-25(26-22)27-24(29)20-13-15-21(16-14-20)33(30,31)28(2)3/h4-16H,1-3H3,(H,26,27,29). The number of aromatic nitrogens is 1. The minimum atomic E-state index is -3.55. The first-order valence-corrected chi connectivity index (χ1v) is 12.5. The van der Waals surface area contributed by atoms with Gasteiger partial charge >= 0.3 is 0 Å². The molecule has 1 aromatic heterocycles. The van der Waals surface area contributed by atoms with Crippen molar-refractivity contribution in [3.63, 3.8) is 0 Å². The zero-order valence-electron chi connectivity index (χ0n) is 18.4. The van der Waals surface area contributed by atoms with Gasteiger partial charge in [0.2, 0.25) is 10.0 Å². The molecule has 0 saturated carbocycles. The van der Waals surface area contributed by atoms with E-state index in [1.54, 1.807) is 0 Å². The van der Waals surface area contributed by atoms with Crippen LogP contribution in [0.2, 0.25) is 0 Å². The van der Waals surface area contributed by atoms with Crippen LogP contribution in [0.4, 0.5) is 5.13 Å². The number of thiazole rings is 1. The minimum absolute atomic E-state index is 0.131. The third kappa shape index (κ3) is 4.88. The van der Waals surface area contributed by atoms with E-state index < -0.39 is 10.0 Å². The van der Waals surface area contributed by atoms with Gasteiger partial charge in [-0.3, -0.25) is 10.1 Å². The Morgan fingerprint density at radius 3 is 2.12 bits per heavy atom. The lowest BCUT2D eigenvalue weighted by atomic mass is 10.1. The van der Waals surface area contributed by atoms with E-state index in [0.717, 1.165) is 31.6 Å². The molecule has 0 fully saturated rings. The summed E-state index contributed by atoms with van der Waals surface area (Å²) in [7, 11) is -0.620. The number of amides is 1. The van der Waals surface area contributed by atoms with E-state index in [0.29, 0.717) is 10.7 Å². The van der Waals surface area contributed by atoms with Crippen LogP contribution in [0.5, 0.6) is 0 Å². The number of rotatable bonds is 6. The zero-order valence-corrected chi connectivity index (χ0v) is 20.1. The van der Waals surface area contributed by atoms with Crippen LogP contribution in [-0.2, 0) is 10.0 Å². The van der Waals surface area contributed by atoms with Crippen LogP contribution >= 0.6 is 11.3 Å². The predicted molar refractivity (Wildman–Crippen MR) is 133 cm³/mol. The van der Waals surface area contributed by atoms with Gasteiger partial charge in [0, 0.05) is 25.2 Å². The molecule has 3 aromatic carbocycles. The summed E-state index contributed by atoms with van der Waals surface area (Å²) in [6, 6.07) is 23.9. The van der Waals surface area contributed by atoms with Gasteiger partial charge in [-0.05, 0) is 36.8 Å². The van der Waals surface area contributed by atoms with Crippen LogP contribution in [0.25, 0.3) is 21.7 Å². The molecule has 0 bridgehead atoms. The maximum absolute atomic E-state index is 12.8. The van der Waals surface area contributed by atoms with Gasteiger partial charge in [-0.2, -0.15) is 0 Å². The van der Waals surface area contributed by atoms with E-state index >= 15 is 0 Å². The molecular formula is C25H23N3O3S2. The van der Waals surface area contributed by atoms with E-state index in [1.807, 2.05) is 61.5 Å². The molecule has 4 rings (SSSR count). The number of hydrogen-bond donors (Lipinski definition) is 1. The highest BCUT2D eigenvalue weighted by atomic mass is 32.2. The molecule has 0 aliphatic heterocycles. The molecule has 4 aromatic rings. The van der Waals surface area contributed by atoms with Crippen molar-refractivity contribution >= 4 is 32.4 Å². The highest BCUT2D eigenvalue weighted by Gasteiger charge is 2.19. The van der Waals surface area contributed by atoms with Crippen LogP contribution in [0.3, 0.4) is 0 Å². The van der Waals surface area contributed by atoms with Crippen molar-refractivity contribution in [3.05, 3.63) is 90.0 Å². The van der Waals surface area contributed by atoms with Crippen LogP contribution in [-0.4, -0.2) is 37.7 Å². The van der Waals surface area contributed by atoms with Gasteiger partial charge in [-0.1, -0.05) is 71.5 Å². The fourth-order valence-electron chi connectivity index (χ4n) is 3.22. The maximum atomic E-state index is 12.8. The lowest BCUT2D eigenvalue weighted by Gasteiger charge is -2.11. The normalized spacial score (nSPS) is 11.5. The summed E-state index contributed by atoms with van der Waals surface area (Å²) in [5, 5.41) is 3.33. The summed E-state index contributed by atoms with van der Waals surface area (Å²) in [4.78, 5) is 18.7. The summed E-state index contributed by atoms with van der Waals surface area (Å²) >= 11 is 1.40. The second-order valence-corrected chi connectivity index (χ2v) is 10.8. The number of nitrogens with one attached hydrogen (secondary N) is 1. The molecule has 0 atom stereocenters. The van der Waals surface area contributed by atoms with Crippen molar-refractivity contribution in [2.24, 2.45) is 0 Å². The van der Waals surface area contributed by atoms with Crippen LogP contribution in [0, 0.1) is 6.92 Å². The second kappa shape index (κ2) is 9.27. The Hall–Kier alpha value is -3.33. The van der Waals surface area contributed by atoms with Gasteiger partial charge in [0.05, 0.1) is 15.5 Å². The van der Waals surface area contributed by atoms with Gasteiger partial charge in [-0.15, -0.1) is 0 Å². The summed E-state index contributed by atoms with van der Waals surface area (Å²) < 4.78 is 25.6. The van der Waals surface area contributed by atoms with Crippen LogP contribution < -0.4 is 5.32 Å². The highest BCUT2D eigenvalue weighted by Crippen LogP contribution is 2.39. The highest BCUT2D eigenvalue weighted by molar-refractivity contribution is 7.89. The van der Waals surface area contributed by atoms with E-state index in [4.69, 9.17) is 4.98 Å². The molecule has 0 radical (unpaired) electrons. The predicted octanol–water partition coefficient (Wildman–Crippen LogP) is 5.29. The number of hydrogen-bond acceptors (Lipinski definition) is 5. The van der Waals surface area contributed by atoms with Crippen molar-refractivity contribution in [2.45, 2.75) is 11.8 Å². The summed E-state index contributed by atoms with van der Waals surface area (Å²) in [5.74, 6) is -0.354. The Balaban J connectivity index is 1.64. The molecule has 0 saturated heterocycles. The molecule has 6 nitrogen and oxygen atoms in total. The van der Waals surface area contributed by atoms with Crippen molar-refractivity contribution in [3.8, 4) is 21.7 Å². The molecule has 168 valence electrons. The second-order valence-electron chi connectivity index (χ2n) is 7.69. The minimum Gasteiger partial charge on any atom is -0.298 e. The molecule has 8 heteroatoms. The lowest BCUT2D eigenvalue weighted by molar-refractivity contribution is 0.102. The Kier molecular flexibility index (Phi) is 6.42. The first-order chi connectivity index (χ1) is 15.8. The molecule has 0 aliphatic carbocycles. The third-order valence-corrected chi connectivity index (χ3v) is 7.95. The van der Waals surface area contributed by atoms with Gasteiger partial charge in [0.25, 0.3) is 5.91 Å². The number of sulfonamides is 1. The van der Waals surface area contributed by atoms with Gasteiger partial charge in [-0.25, -0.2) is 17.7 Å². The number of carbonyl (C=O) groups is 1. The monoisotopic (exact) mass is 477 g/mol. The number of aryl methyl sites for hydroxylation is 1. The third-order valence-electron chi connectivity index (χ3n) is 5.10. The fourth-order valence-corrected chi connectivity index (χ4v) is 5.11. The summed E-state index contributed by atoms with van der Waals surface area (Å²) in [6.07, 6.45) is 0. The first kappa shape index (κ1) is 22.8. The molecule has 0 unspecified atom stereocenters. The van der Waals surface area contributed by atoms with Gasteiger partial charge in [0.15, 0.2) is 5.13 Å². The Morgan fingerprint density at radius 2 is 1.52 bits per heavy atom.